The summed E-state index contributed by atoms with van der Waals surface area (Å²) < 4.78 is 0. The number of aryl methyl sites for hydroxylation is 2. The van der Waals surface area contributed by atoms with Gasteiger partial charge >= 0.3 is 0 Å². The molecule has 0 unspecified atom stereocenters. The lowest BCUT2D eigenvalue weighted by molar-refractivity contribution is 0.837. The van der Waals surface area contributed by atoms with Gasteiger partial charge < -0.3 is 10.2 Å². The van der Waals surface area contributed by atoms with E-state index in [2.05, 4.69) is 66.5 Å². The minimum absolute atomic E-state index is 0.992. The fourth-order valence-electron chi connectivity index (χ4n) is 3.23. The van der Waals surface area contributed by atoms with Gasteiger partial charge in [-0.05, 0) is 42.5 Å². The van der Waals surface area contributed by atoms with E-state index < -0.39 is 0 Å². The topological polar surface area (TPSA) is 15.3 Å². The predicted octanol–water partition coefficient (Wildman–Crippen LogP) is 4.03. The number of anilines is 2. The molecular weight excluding hydrogens is 256 g/mol. The molecule has 2 aromatic carbocycles. The smallest absolute Gasteiger partial charge is 0.0402 e. The van der Waals surface area contributed by atoms with Gasteiger partial charge in [-0.2, -0.15) is 0 Å². The number of nitrogens with zero attached hydrogens (tertiary/aromatic N) is 1. The predicted molar refractivity (Wildman–Crippen MR) is 91.4 cm³/mol. The molecule has 21 heavy (non-hydrogen) atoms. The number of rotatable bonds is 5. The van der Waals surface area contributed by atoms with Crippen LogP contribution in [0.4, 0.5) is 11.4 Å². The van der Waals surface area contributed by atoms with Crippen LogP contribution in [0.1, 0.15) is 23.6 Å². The van der Waals surface area contributed by atoms with Crippen LogP contribution in [-0.4, -0.2) is 19.6 Å². The second-order valence-electron chi connectivity index (χ2n) is 5.76. The molecule has 2 heteroatoms. The van der Waals surface area contributed by atoms with Crippen molar-refractivity contribution in [2.75, 3.05) is 29.9 Å². The Morgan fingerprint density at radius 3 is 2.81 bits per heavy atom. The Bertz CT molecular complexity index is 619. The van der Waals surface area contributed by atoms with Crippen LogP contribution >= 0.6 is 0 Å². The first-order chi connectivity index (χ1) is 10.3. The first kappa shape index (κ1) is 14.0. The molecule has 1 aliphatic heterocycles. The van der Waals surface area contributed by atoms with Crippen LogP contribution in [0.25, 0.3) is 0 Å². The van der Waals surface area contributed by atoms with Crippen LogP contribution in [0.3, 0.4) is 0 Å². The first-order valence-electron chi connectivity index (χ1n) is 7.95. The van der Waals surface area contributed by atoms with Crippen molar-refractivity contribution in [3.63, 3.8) is 0 Å². The van der Waals surface area contributed by atoms with Crippen molar-refractivity contribution >= 4 is 11.4 Å². The lowest BCUT2D eigenvalue weighted by atomic mass is 10.1. The molecule has 0 atom stereocenters. The molecule has 0 radical (unpaired) electrons. The maximum absolute atomic E-state index is 3.65. The number of hydrogen-bond acceptors (Lipinski definition) is 2. The van der Waals surface area contributed by atoms with E-state index in [1.54, 1.807) is 0 Å². The van der Waals surface area contributed by atoms with Crippen LogP contribution in [0.5, 0.6) is 0 Å². The zero-order valence-electron chi connectivity index (χ0n) is 13.0. The normalized spacial score (nSPS) is 13.3. The van der Waals surface area contributed by atoms with Gasteiger partial charge in [-0.25, -0.2) is 0 Å². The summed E-state index contributed by atoms with van der Waals surface area (Å²) in [4.78, 5) is 2.49. The van der Waals surface area contributed by atoms with Gasteiger partial charge in [0.05, 0.1) is 0 Å². The largest absolute Gasteiger partial charge is 0.383 e. The molecule has 1 N–H and O–H groups in total. The van der Waals surface area contributed by atoms with Gasteiger partial charge in [0.2, 0.25) is 0 Å². The third-order valence-electron chi connectivity index (χ3n) is 4.41. The highest BCUT2D eigenvalue weighted by molar-refractivity contribution is 5.59. The number of hydrogen-bond donors (Lipinski definition) is 1. The van der Waals surface area contributed by atoms with Crippen LogP contribution in [-0.2, 0) is 12.8 Å². The first-order valence-corrected chi connectivity index (χ1v) is 7.95. The van der Waals surface area contributed by atoms with E-state index in [9.17, 15) is 0 Å². The molecule has 0 amide bonds. The van der Waals surface area contributed by atoms with Gasteiger partial charge in [-0.1, -0.05) is 43.3 Å². The Morgan fingerprint density at radius 2 is 1.95 bits per heavy atom. The summed E-state index contributed by atoms with van der Waals surface area (Å²) >= 11 is 0. The number of benzene rings is 2. The van der Waals surface area contributed by atoms with Crippen molar-refractivity contribution in [2.45, 2.75) is 26.7 Å². The van der Waals surface area contributed by atoms with Crippen LogP contribution < -0.4 is 10.2 Å². The van der Waals surface area contributed by atoms with Gasteiger partial charge in [-0.15, -0.1) is 0 Å². The van der Waals surface area contributed by atoms with Gasteiger partial charge in [0.15, 0.2) is 0 Å². The minimum Gasteiger partial charge on any atom is -0.383 e. The molecule has 1 aliphatic rings. The fraction of sp³-hybridized carbons (Fsp3) is 0.368. The van der Waals surface area contributed by atoms with E-state index in [0.29, 0.717) is 0 Å². The highest BCUT2D eigenvalue weighted by atomic mass is 15.2. The summed E-state index contributed by atoms with van der Waals surface area (Å²) in [5.74, 6) is 0. The van der Waals surface area contributed by atoms with Crippen LogP contribution in [0.15, 0.2) is 42.5 Å². The molecule has 0 spiro atoms. The second-order valence-corrected chi connectivity index (χ2v) is 5.76. The van der Waals surface area contributed by atoms with E-state index in [1.807, 2.05) is 0 Å². The molecule has 0 fully saturated rings. The van der Waals surface area contributed by atoms with Gasteiger partial charge in [0, 0.05) is 31.0 Å². The van der Waals surface area contributed by atoms with E-state index in [-0.39, 0.29) is 0 Å². The molecule has 1 heterocycles. The lowest BCUT2D eigenvalue weighted by Crippen LogP contribution is -2.27. The number of nitrogens with one attached hydrogen (secondary N) is 1. The maximum atomic E-state index is 3.65. The average molecular weight is 280 g/mol. The number of fused-ring (bicyclic) bond motifs is 1. The molecule has 0 aliphatic carbocycles. The highest BCUT2D eigenvalue weighted by Gasteiger charge is 2.17. The third kappa shape index (κ3) is 2.90. The minimum atomic E-state index is 0.992. The molecule has 0 saturated heterocycles. The summed E-state index contributed by atoms with van der Waals surface area (Å²) in [5, 5.41) is 3.65. The fourth-order valence-corrected chi connectivity index (χ4v) is 3.23. The molecule has 3 rings (SSSR count). The Balaban J connectivity index is 1.63. The van der Waals surface area contributed by atoms with Crippen molar-refractivity contribution < 1.29 is 0 Å². The summed E-state index contributed by atoms with van der Waals surface area (Å²) in [7, 11) is 0. The summed E-state index contributed by atoms with van der Waals surface area (Å²) in [6.45, 7) is 7.61. The van der Waals surface area contributed by atoms with E-state index in [4.69, 9.17) is 0 Å². The molecule has 2 nitrogen and oxygen atoms in total. The summed E-state index contributed by atoms with van der Waals surface area (Å²) in [6.07, 6.45) is 2.26. The zero-order valence-corrected chi connectivity index (χ0v) is 13.0. The Hall–Kier alpha value is -1.96. The quantitative estimate of drug-likeness (QED) is 0.889. The van der Waals surface area contributed by atoms with E-state index in [0.717, 1.165) is 26.1 Å². The average Bonchev–Trinajstić information content (AvgIpc) is 2.92. The number of para-hydroxylation sites is 2. The standard InChI is InChI=1S/C19H24N2/c1-3-16-9-6-7-15(2)19(16)20-12-14-21-13-11-17-8-4-5-10-18(17)21/h4-10,20H,3,11-14H2,1-2H3. The molecule has 0 aromatic heterocycles. The van der Waals surface area contributed by atoms with Gasteiger partial charge in [0.25, 0.3) is 0 Å². The van der Waals surface area contributed by atoms with Crippen molar-refractivity contribution in [3.8, 4) is 0 Å². The Kier molecular flexibility index (Phi) is 4.14. The van der Waals surface area contributed by atoms with Crippen molar-refractivity contribution in [2.24, 2.45) is 0 Å². The van der Waals surface area contributed by atoms with Gasteiger partial charge in [0.1, 0.15) is 0 Å². The summed E-state index contributed by atoms with van der Waals surface area (Å²) in [5.41, 5.74) is 6.99. The third-order valence-corrected chi connectivity index (χ3v) is 4.41. The van der Waals surface area contributed by atoms with E-state index >= 15 is 0 Å². The van der Waals surface area contributed by atoms with Crippen LogP contribution in [0, 0.1) is 6.92 Å². The molecular formula is C19H24N2. The van der Waals surface area contributed by atoms with E-state index in [1.165, 1.54) is 34.5 Å². The monoisotopic (exact) mass is 280 g/mol. The molecule has 0 bridgehead atoms. The lowest BCUT2D eigenvalue weighted by Gasteiger charge is -2.21. The molecule has 110 valence electrons. The van der Waals surface area contributed by atoms with Crippen molar-refractivity contribution in [1.82, 2.24) is 0 Å². The Morgan fingerprint density at radius 1 is 1.10 bits per heavy atom. The zero-order chi connectivity index (χ0) is 14.7. The van der Waals surface area contributed by atoms with Gasteiger partial charge in [-0.3, -0.25) is 0 Å². The SMILES string of the molecule is CCc1cccc(C)c1NCCN1CCc2ccccc21. The second kappa shape index (κ2) is 6.21. The Labute approximate surface area is 127 Å². The molecule has 0 saturated carbocycles. The maximum Gasteiger partial charge on any atom is 0.0402 e. The van der Waals surface area contributed by atoms with Crippen LogP contribution in [0.2, 0.25) is 0 Å². The highest BCUT2D eigenvalue weighted by Crippen LogP contribution is 2.27. The van der Waals surface area contributed by atoms with Crippen molar-refractivity contribution in [3.05, 3.63) is 59.2 Å². The van der Waals surface area contributed by atoms with Crippen molar-refractivity contribution in [1.29, 1.82) is 0 Å². The summed E-state index contributed by atoms with van der Waals surface area (Å²) in [6, 6.07) is 15.3. The molecule has 2 aromatic rings.